The molecule has 0 atom stereocenters. The number of rotatable bonds is 3. The Kier molecular flexibility index (Phi) is 3.42. The van der Waals surface area contributed by atoms with Crippen LogP contribution in [-0.4, -0.2) is 4.98 Å². The van der Waals surface area contributed by atoms with E-state index >= 15 is 0 Å². The summed E-state index contributed by atoms with van der Waals surface area (Å²) in [6.07, 6.45) is 3.49. The molecule has 0 unspecified atom stereocenters. The van der Waals surface area contributed by atoms with Gasteiger partial charge < -0.3 is 4.74 Å². The molecule has 0 saturated carbocycles. The number of aromatic nitrogens is 1. The van der Waals surface area contributed by atoms with E-state index < -0.39 is 0 Å². The second-order valence-corrected chi connectivity index (χ2v) is 3.91. The quantitative estimate of drug-likeness (QED) is 0.808. The first kappa shape index (κ1) is 11.0. The molecule has 0 fully saturated rings. The third-order valence-corrected chi connectivity index (χ3v) is 2.78. The fourth-order valence-electron chi connectivity index (χ4n) is 1.37. The van der Waals surface area contributed by atoms with Gasteiger partial charge in [-0.2, -0.15) is 0 Å². The fourth-order valence-corrected chi connectivity index (χ4v) is 1.55. The van der Waals surface area contributed by atoms with Gasteiger partial charge >= 0.3 is 0 Å². The van der Waals surface area contributed by atoms with Gasteiger partial charge in [-0.1, -0.05) is 23.7 Å². The largest absolute Gasteiger partial charge is 0.487 e. The van der Waals surface area contributed by atoms with Crippen LogP contribution in [0.3, 0.4) is 0 Å². The van der Waals surface area contributed by atoms with Crippen molar-refractivity contribution in [3.8, 4) is 5.75 Å². The molecule has 0 N–H and O–H groups in total. The van der Waals surface area contributed by atoms with E-state index in [9.17, 15) is 0 Å². The number of hydrogen-bond acceptors (Lipinski definition) is 2. The zero-order valence-corrected chi connectivity index (χ0v) is 9.74. The summed E-state index contributed by atoms with van der Waals surface area (Å²) in [5.41, 5.74) is 2.10. The molecule has 2 nitrogen and oxygen atoms in total. The second kappa shape index (κ2) is 4.99. The van der Waals surface area contributed by atoms with Crippen molar-refractivity contribution in [1.82, 2.24) is 4.98 Å². The molecule has 1 aromatic carbocycles. The SMILES string of the molecule is Cc1cccc(OCc2ccncc2)c1Cl. The summed E-state index contributed by atoms with van der Waals surface area (Å²) in [5.74, 6) is 0.721. The first-order valence-corrected chi connectivity index (χ1v) is 5.42. The van der Waals surface area contributed by atoms with Crippen LogP contribution in [0.2, 0.25) is 5.02 Å². The van der Waals surface area contributed by atoms with Crippen molar-refractivity contribution < 1.29 is 4.74 Å². The highest BCUT2D eigenvalue weighted by atomic mass is 35.5. The van der Waals surface area contributed by atoms with Crippen molar-refractivity contribution in [3.05, 3.63) is 58.9 Å². The lowest BCUT2D eigenvalue weighted by Crippen LogP contribution is -1.96. The minimum atomic E-state index is 0.506. The summed E-state index contributed by atoms with van der Waals surface area (Å²) >= 11 is 6.12. The highest BCUT2D eigenvalue weighted by Crippen LogP contribution is 2.27. The summed E-state index contributed by atoms with van der Waals surface area (Å²) in [6, 6.07) is 9.61. The summed E-state index contributed by atoms with van der Waals surface area (Å²) in [6.45, 7) is 2.47. The van der Waals surface area contributed by atoms with E-state index in [-0.39, 0.29) is 0 Å². The first-order chi connectivity index (χ1) is 7.77. The Morgan fingerprint density at radius 1 is 1.19 bits per heavy atom. The van der Waals surface area contributed by atoms with Crippen LogP contribution in [0, 0.1) is 6.92 Å². The van der Waals surface area contributed by atoms with Gasteiger partial charge in [-0.25, -0.2) is 0 Å². The molecular weight excluding hydrogens is 222 g/mol. The van der Waals surface area contributed by atoms with E-state index in [1.807, 2.05) is 37.3 Å². The molecule has 2 rings (SSSR count). The second-order valence-electron chi connectivity index (χ2n) is 3.53. The minimum Gasteiger partial charge on any atom is -0.487 e. The highest BCUT2D eigenvalue weighted by Gasteiger charge is 2.03. The van der Waals surface area contributed by atoms with Crippen molar-refractivity contribution in [1.29, 1.82) is 0 Å². The Bertz CT molecular complexity index is 471. The highest BCUT2D eigenvalue weighted by molar-refractivity contribution is 6.32. The van der Waals surface area contributed by atoms with Crippen LogP contribution in [0.5, 0.6) is 5.75 Å². The lowest BCUT2D eigenvalue weighted by molar-refractivity contribution is 0.306. The van der Waals surface area contributed by atoms with E-state index in [1.165, 1.54) is 0 Å². The Hall–Kier alpha value is -1.54. The van der Waals surface area contributed by atoms with Gasteiger partial charge in [0.15, 0.2) is 0 Å². The van der Waals surface area contributed by atoms with Crippen LogP contribution < -0.4 is 4.74 Å². The molecule has 0 aliphatic carbocycles. The average molecular weight is 234 g/mol. The molecule has 1 heterocycles. The summed E-state index contributed by atoms with van der Waals surface area (Å²) in [4.78, 5) is 3.95. The van der Waals surface area contributed by atoms with E-state index in [2.05, 4.69) is 4.98 Å². The number of aryl methyl sites for hydroxylation is 1. The number of nitrogens with zero attached hydrogens (tertiary/aromatic N) is 1. The topological polar surface area (TPSA) is 22.1 Å². The molecule has 1 aromatic heterocycles. The van der Waals surface area contributed by atoms with Gasteiger partial charge in [0, 0.05) is 12.4 Å². The zero-order valence-electron chi connectivity index (χ0n) is 8.98. The molecule has 0 amide bonds. The molecule has 0 bridgehead atoms. The van der Waals surface area contributed by atoms with Gasteiger partial charge in [0.05, 0.1) is 5.02 Å². The fraction of sp³-hybridized carbons (Fsp3) is 0.154. The van der Waals surface area contributed by atoms with Crippen LogP contribution in [0.4, 0.5) is 0 Å². The van der Waals surface area contributed by atoms with Gasteiger partial charge in [-0.15, -0.1) is 0 Å². The van der Waals surface area contributed by atoms with Crippen molar-refractivity contribution in [2.75, 3.05) is 0 Å². The minimum absolute atomic E-state index is 0.506. The number of halogens is 1. The molecule has 82 valence electrons. The van der Waals surface area contributed by atoms with E-state index in [4.69, 9.17) is 16.3 Å². The predicted molar refractivity (Wildman–Crippen MR) is 64.8 cm³/mol. The Morgan fingerprint density at radius 3 is 2.69 bits per heavy atom. The maximum Gasteiger partial charge on any atom is 0.138 e. The summed E-state index contributed by atoms with van der Waals surface area (Å²) in [7, 11) is 0. The normalized spacial score (nSPS) is 10.1. The number of ether oxygens (including phenoxy) is 1. The van der Waals surface area contributed by atoms with Crippen LogP contribution in [0.1, 0.15) is 11.1 Å². The molecule has 0 aliphatic heterocycles. The van der Waals surface area contributed by atoms with Gasteiger partial charge in [0.25, 0.3) is 0 Å². The van der Waals surface area contributed by atoms with Crippen LogP contribution in [0.25, 0.3) is 0 Å². The van der Waals surface area contributed by atoms with Crippen molar-refractivity contribution in [3.63, 3.8) is 0 Å². The van der Waals surface area contributed by atoms with E-state index in [1.54, 1.807) is 12.4 Å². The van der Waals surface area contributed by atoms with Crippen LogP contribution >= 0.6 is 11.6 Å². The number of pyridine rings is 1. The predicted octanol–water partition coefficient (Wildman–Crippen LogP) is 3.62. The lowest BCUT2D eigenvalue weighted by atomic mass is 10.2. The Morgan fingerprint density at radius 2 is 1.94 bits per heavy atom. The zero-order chi connectivity index (χ0) is 11.4. The van der Waals surface area contributed by atoms with Crippen molar-refractivity contribution in [2.24, 2.45) is 0 Å². The molecule has 0 spiro atoms. The van der Waals surface area contributed by atoms with Crippen LogP contribution in [-0.2, 0) is 6.61 Å². The van der Waals surface area contributed by atoms with E-state index in [0.717, 1.165) is 16.9 Å². The standard InChI is InChI=1S/C13H12ClNO/c1-10-3-2-4-12(13(10)14)16-9-11-5-7-15-8-6-11/h2-8H,9H2,1H3. The molecule has 3 heteroatoms. The molecule has 0 aliphatic rings. The molecule has 0 saturated heterocycles. The van der Waals surface area contributed by atoms with E-state index in [0.29, 0.717) is 11.6 Å². The number of hydrogen-bond donors (Lipinski definition) is 0. The molecule has 16 heavy (non-hydrogen) atoms. The summed E-state index contributed by atoms with van der Waals surface area (Å²) in [5, 5.41) is 0.677. The van der Waals surface area contributed by atoms with Crippen LogP contribution in [0.15, 0.2) is 42.7 Å². The molecular formula is C13H12ClNO. The maximum atomic E-state index is 6.12. The number of benzene rings is 1. The smallest absolute Gasteiger partial charge is 0.138 e. The van der Waals surface area contributed by atoms with Gasteiger partial charge in [-0.05, 0) is 36.2 Å². The van der Waals surface area contributed by atoms with Gasteiger partial charge in [0.2, 0.25) is 0 Å². The maximum absolute atomic E-state index is 6.12. The van der Waals surface area contributed by atoms with Crippen molar-refractivity contribution >= 4 is 11.6 Å². The Balaban J connectivity index is 2.08. The third-order valence-electron chi connectivity index (χ3n) is 2.30. The lowest BCUT2D eigenvalue weighted by Gasteiger charge is -2.09. The first-order valence-electron chi connectivity index (χ1n) is 5.04. The molecule has 0 radical (unpaired) electrons. The van der Waals surface area contributed by atoms with Gasteiger partial charge in [0.1, 0.15) is 12.4 Å². The third kappa shape index (κ3) is 2.52. The molecule has 2 aromatic rings. The van der Waals surface area contributed by atoms with Gasteiger partial charge in [-0.3, -0.25) is 4.98 Å². The monoisotopic (exact) mass is 233 g/mol. The van der Waals surface area contributed by atoms with Crippen molar-refractivity contribution in [2.45, 2.75) is 13.5 Å². The Labute approximate surface area is 99.9 Å². The summed E-state index contributed by atoms with van der Waals surface area (Å²) < 4.78 is 5.64. The average Bonchev–Trinajstić information content (AvgIpc) is 2.32.